The van der Waals surface area contributed by atoms with E-state index >= 15 is 0 Å². The molecule has 0 fully saturated rings. The number of nitrogens with zero attached hydrogens (tertiary/aromatic N) is 4. The molecule has 2 aromatic carbocycles. The van der Waals surface area contributed by atoms with Crippen molar-refractivity contribution in [3.63, 3.8) is 0 Å². The predicted molar refractivity (Wildman–Crippen MR) is 123 cm³/mol. The van der Waals surface area contributed by atoms with Gasteiger partial charge in [-0.05, 0) is 38.1 Å². The summed E-state index contributed by atoms with van der Waals surface area (Å²) < 4.78 is 17.1. The Kier molecular flexibility index (Phi) is 7.07. The van der Waals surface area contributed by atoms with Crippen LogP contribution in [0.3, 0.4) is 0 Å². The zero-order chi connectivity index (χ0) is 24.3. The number of ether oxygens (including phenoxy) is 3. The average Bonchev–Trinajstić information content (AvgIpc) is 2.79. The largest absolute Gasteiger partial charge is 0.493 e. The maximum absolute atomic E-state index is 12.9. The Morgan fingerprint density at radius 2 is 2.03 bits per heavy atom. The maximum Gasteiger partial charge on any atom is 0.346 e. The number of nitro benzene ring substituents is 1. The van der Waals surface area contributed by atoms with Crippen LogP contribution >= 0.6 is 15.9 Å². The number of hydrogen-bond acceptors (Lipinski definition) is 9. The van der Waals surface area contributed by atoms with Gasteiger partial charge in [-0.2, -0.15) is 9.78 Å². The fourth-order valence-electron chi connectivity index (χ4n) is 3.00. The molecule has 0 spiro atoms. The van der Waals surface area contributed by atoms with E-state index < -0.39 is 28.2 Å². The number of halogens is 1. The van der Waals surface area contributed by atoms with Gasteiger partial charge in [-0.25, -0.2) is 9.78 Å². The summed E-state index contributed by atoms with van der Waals surface area (Å²) in [5.41, 5.74) is -0.0671. The SMILES string of the molecule is COC(=O)[C@H](C)Oc1c(OC)cc(C=Nn2c(C)nc3ccc(Br)cc3c2=O)cc1[N+](=O)[O-]. The molecule has 3 rings (SSSR count). The number of benzene rings is 2. The first kappa shape index (κ1) is 23.9. The third kappa shape index (κ3) is 5.00. The number of aromatic nitrogens is 2. The normalized spacial score (nSPS) is 12.0. The van der Waals surface area contributed by atoms with Gasteiger partial charge in [-0.1, -0.05) is 15.9 Å². The van der Waals surface area contributed by atoms with Gasteiger partial charge >= 0.3 is 11.7 Å². The van der Waals surface area contributed by atoms with Crippen molar-refractivity contribution in [3.8, 4) is 11.5 Å². The topological polar surface area (TPSA) is 135 Å². The van der Waals surface area contributed by atoms with Gasteiger partial charge in [-0.15, -0.1) is 0 Å². The first-order valence-electron chi connectivity index (χ1n) is 9.50. The molecule has 0 aliphatic carbocycles. The van der Waals surface area contributed by atoms with Gasteiger partial charge in [0.2, 0.25) is 5.75 Å². The van der Waals surface area contributed by atoms with Gasteiger partial charge in [0.15, 0.2) is 11.9 Å². The van der Waals surface area contributed by atoms with Crippen molar-refractivity contribution in [2.75, 3.05) is 14.2 Å². The quantitative estimate of drug-likeness (QED) is 0.201. The van der Waals surface area contributed by atoms with Crippen molar-refractivity contribution in [1.29, 1.82) is 0 Å². The molecule has 0 radical (unpaired) electrons. The number of nitro groups is 1. The Morgan fingerprint density at radius 1 is 1.30 bits per heavy atom. The van der Waals surface area contributed by atoms with Gasteiger partial charge in [0.25, 0.3) is 5.56 Å². The molecular formula is C21H19BrN4O7. The molecule has 0 N–H and O–H groups in total. The van der Waals surface area contributed by atoms with Crippen molar-refractivity contribution in [1.82, 2.24) is 9.66 Å². The van der Waals surface area contributed by atoms with E-state index in [1.165, 1.54) is 39.5 Å². The number of fused-ring (bicyclic) bond motifs is 1. The van der Waals surface area contributed by atoms with E-state index in [0.717, 1.165) is 4.68 Å². The number of methoxy groups -OCH3 is 2. The monoisotopic (exact) mass is 518 g/mol. The van der Waals surface area contributed by atoms with E-state index in [0.29, 0.717) is 21.2 Å². The molecule has 0 aliphatic heterocycles. The van der Waals surface area contributed by atoms with E-state index in [1.54, 1.807) is 25.1 Å². The molecule has 1 aromatic heterocycles. The van der Waals surface area contributed by atoms with E-state index in [4.69, 9.17) is 9.47 Å². The molecule has 0 saturated carbocycles. The molecule has 3 aromatic rings. The maximum atomic E-state index is 12.9. The first-order valence-corrected chi connectivity index (χ1v) is 10.3. The van der Waals surface area contributed by atoms with Crippen LogP contribution in [0.25, 0.3) is 10.9 Å². The van der Waals surface area contributed by atoms with Gasteiger partial charge in [0.1, 0.15) is 5.82 Å². The number of carbonyl (C=O) groups excluding carboxylic acids is 1. The smallest absolute Gasteiger partial charge is 0.346 e. The average molecular weight is 519 g/mol. The lowest BCUT2D eigenvalue weighted by atomic mass is 10.1. The molecule has 12 heteroatoms. The molecule has 0 unspecified atom stereocenters. The third-order valence-corrected chi connectivity index (χ3v) is 5.09. The van der Waals surface area contributed by atoms with Crippen LogP contribution in [0, 0.1) is 17.0 Å². The van der Waals surface area contributed by atoms with Crippen LogP contribution in [0.2, 0.25) is 0 Å². The minimum atomic E-state index is -1.11. The highest BCUT2D eigenvalue weighted by molar-refractivity contribution is 9.10. The lowest BCUT2D eigenvalue weighted by molar-refractivity contribution is -0.386. The first-order chi connectivity index (χ1) is 15.7. The van der Waals surface area contributed by atoms with Crippen molar-refractivity contribution >= 4 is 44.7 Å². The number of carbonyl (C=O) groups is 1. The number of hydrogen-bond donors (Lipinski definition) is 0. The van der Waals surface area contributed by atoms with Crippen LogP contribution in [0.15, 0.2) is 44.7 Å². The highest BCUT2D eigenvalue weighted by Gasteiger charge is 2.26. The fraction of sp³-hybridized carbons (Fsp3) is 0.238. The van der Waals surface area contributed by atoms with Crippen molar-refractivity contribution in [2.24, 2.45) is 5.10 Å². The number of rotatable bonds is 7. The predicted octanol–water partition coefficient (Wildman–Crippen LogP) is 3.21. The van der Waals surface area contributed by atoms with Crippen LogP contribution in [-0.4, -0.2) is 47.1 Å². The third-order valence-electron chi connectivity index (χ3n) is 4.59. The van der Waals surface area contributed by atoms with Crippen LogP contribution in [0.1, 0.15) is 18.3 Å². The van der Waals surface area contributed by atoms with Crippen LogP contribution in [-0.2, 0) is 9.53 Å². The summed E-state index contributed by atoms with van der Waals surface area (Å²) >= 11 is 3.33. The Balaban J connectivity index is 2.07. The zero-order valence-electron chi connectivity index (χ0n) is 18.1. The lowest BCUT2D eigenvalue weighted by Gasteiger charge is -2.15. The van der Waals surface area contributed by atoms with Crippen LogP contribution in [0.4, 0.5) is 5.69 Å². The van der Waals surface area contributed by atoms with E-state index in [-0.39, 0.29) is 17.1 Å². The summed E-state index contributed by atoms with van der Waals surface area (Å²) in [7, 11) is 2.48. The molecule has 1 heterocycles. The second kappa shape index (κ2) is 9.77. The summed E-state index contributed by atoms with van der Waals surface area (Å²) in [6.07, 6.45) is 0.162. The zero-order valence-corrected chi connectivity index (χ0v) is 19.7. The van der Waals surface area contributed by atoms with Crippen LogP contribution in [0.5, 0.6) is 11.5 Å². The van der Waals surface area contributed by atoms with Crippen LogP contribution < -0.4 is 15.0 Å². The number of aryl methyl sites for hydroxylation is 1. The molecule has 0 saturated heterocycles. The molecule has 172 valence electrons. The second-order valence-corrected chi connectivity index (χ2v) is 7.71. The highest BCUT2D eigenvalue weighted by Crippen LogP contribution is 2.38. The number of esters is 1. The minimum Gasteiger partial charge on any atom is -0.493 e. The van der Waals surface area contributed by atoms with Gasteiger partial charge in [0.05, 0.1) is 36.3 Å². The van der Waals surface area contributed by atoms with Gasteiger partial charge in [0, 0.05) is 16.1 Å². The van der Waals surface area contributed by atoms with E-state index in [9.17, 15) is 19.7 Å². The Morgan fingerprint density at radius 3 is 2.67 bits per heavy atom. The van der Waals surface area contributed by atoms with Crippen molar-refractivity contribution in [3.05, 3.63) is 66.7 Å². The molecule has 0 aliphatic rings. The van der Waals surface area contributed by atoms with Crippen molar-refractivity contribution in [2.45, 2.75) is 20.0 Å². The van der Waals surface area contributed by atoms with E-state index in [1.807, 2.05) is 0 Å². The Bertz CT molecular complexity index is 1340. The lowest BCUT2D eigenvalue weighted by Crippen LogP contribution is -2.25. The summed E-state index contributed by atoms with van der Waals surface area (Å²) in [6, 6.07) is 7.75. The summed E-state index contributed by atoms with van der Waals surface area (Å²) in [6.45, 7) is 3.01. The van der Waals surface area contributed by atoms with Gasteiger partial charge < -0.3 is 14.2 Å². The minimum absolute atomic E-state index is 0.00559. The second-order valence-electron chi connectivity index (χ2n) is 6.79. The highest BCUT2D eigenvalue weighted by atomic mass is 79.9. The van der Waals surface area contributed by atoms with Gasteiger partial charge in [-0.3, -0.25) is 14.9 Å². The summed E-state index contributed by atoms with van der Waals surface area (Å²) in [5, 5.41) is 16.2. The fourth-order valence-corrected chi connectivity index (χ4v) is 3.36. The molecular weight excluding hydrogens is 500 g/mol. The molecule has 0 bridgehead atoms. The van der Waals surface area contributed by atoms with E-state index in [2.05, 4.69) is 30.8 Å². The Labute approximate surface area is 195 Å². The standard InChI is InChI=1S/C21H19BrN4O7/c1-11(21(28)32-4)33-19-17(26(29)30)7-13(8-18(19)31-3)10-23-25-12(2)24-16-6-5-14(22)9-15(16)20(25)27/h5-11H,1-4H3/t11-/m0/s1. The molecule has 33 heavy (non-hydrogen) atoms. The molecule has 1 atom stereocenters. The summed E-state index contributed by atoms with van der Waals surface area (Å²) in [5.74, 6) is -0.601. The molecule has 0 amide bonds. The molecule has 11 nitrogen and oxygen atoms in total. The summed E-state index contributed by atoms with van der Waals surface area (Å²) in [4.78, 5) is 39.9. The van der Waals surface area contributed by atoms with Crippen molar-refractivity contribution < 1.29 is 23.9 Å². The Hall–Kier alpha value is -3.80.